The summed E-state index contributed by atoms with van der Waals surface area (Å²) < 4.78 is 0. The highest BCUT2D eigenvalue weighted by Gasteiger charge is 2.21. The van der Waals surface area contributed by atoms with Crippen LogP contribution in [-0.4, -0.2) is 34.2 Å². The topological polar surface area (TPSA) is 36.4 Å². The second-order valence-corrected chi connectivity index (χ2v) is 4.45. The summed E-state index contributed by atoms with van der Waals surface area (Å²) >= 11 is 0. The van der Waals surface area contributed by atoms with Crippen LogP contribution in [0, 0.1) is 0 Å². The third-order valence-corrected chi connectivity index (χ3v) is 3.30. The first-order chi connectivity index (χ1) is 7.90. The summed E-state index contributed by atoms with van der Waals surface area (Å²) in [6.45, 7) is 2.36. The Morgan fingerprint density at radius 3 is 3.06 bits per heavy atom. The molecule has 0 bridgehead atoms. The molecule has 2 rings (SSSR count). The van der Waals surface area contributed by atoms with Crippen molar-refractivity contribution in [3.8, 4) is 0 Å². The number of hydrogen-bond donors (Lipinski definition) is 1. The first-order valence-corrected chi connectivity index (χ1v) is 6.15. The van der Waals surface area contributed by atoms with Gasteiger partial charge in [-0.05, 0) is 37.9 Å². The van der Waals surface area contributed by atoms with Crippen molar-refractivity contribution in [1.29, 1.82) is 0 Å². The third-order valence-electron chi connectivity index (χ3n) is 3.30. The molecule has 3 nitrogen and oxygen atoms in total. The number of likely N-dealkylation sites (tertiary alicyclic amines) is 1. The molecule has 16 heavy (non-hydrogen) atoms. The fraction of sp³-hybridized carbons (Fsp3) is 0.615. The molecule has 0 saturated carbocycles. The number of pyridine rings is 1. The molecule has 1 atom stereocenters. The molecule has 0 spiro atoms. The van der Waals surface area contributed by atoms with Gasteiger partial charge >= 0.3 is 0 Å². The smallest absolute Gasteiger partial charge is 0.0544 e. The summed E-state index contributed by atoms with van der Waals surface area (Å²) in [5, 5.41) is 9.06. The van der Waals surface area contributed by atoms with Gasteiger partial charge in [-0.3, -0.25) is 9.88 Å². The van der Waals surface area contributed by atoms with Crippen LogP contribution in [-0.2, 0) is 6.54 Å². The average Bonchev–Trinajstić information content (AvgIpc) is 2.33. The van der Waals surface area contributed by atoms with E-state index in [4.69, 9.17) is 5.11 Å². The van der Waals surface area contributed by atoms with E-state index in [2.05, 4.69) is 16.0 Å². The van der Waals surface area contributed by atoms with Crippen LogP contribution >= 0.6 is 0 Å². The fourth-order valence-corrected chi connectivity index (χ4v) is 2.44. The monoisotopic (exact) mass is 220 g/mol. The second-order valence-electron chi connectivity index (χ2n) is 4.45. The molecule has 0 aromatic carbocycles. The number of aromatic nitrogens is 1. The molecular formula is C13H20N2O. The van der Waals surface area contributed by atoms with Gasteiger partial charge in [-0.2, -0.15) is 0 Å². The Labute approximate surface area is 97.1 Å². The molecule has 0 radical (unpaired) electrons. The van der Waals surface area contributed by atoms with Gasteiger partial charge in [0.25, 0.3) is 0 Å². The van der Waals surface area contributed by atoms with Crippen LogP contribution < -0.4 is 0 Å². The number of piperidine rings is 1. The molecule has 1 aromatic rings. The largest absolute Gasteiger partial charge is 0.396 e. The van der Waals surface area contributed by atoms with Crippen LogP contribution in [0.4, 0.5) is 0 Å². The SMILES string of the molecule is OCCC1CCCCN1Cc1ccccn1. The second kappa shape index (κ2) is 5.97. The zero-order valence-electron chi connectivity index (χ0n) is 9.68. The van der Waals surface area contributed by atoms with Crippen molar-refractivity contribution in [2.75, 3.05) is 13.2 Å². The van der Waals surface area contributed by atoms with E-state index in [1.807, 2.05) is 18.3 Å². The van der Waals surface area contributed by atoms with E-state index in [1.165, 1.54) is 19.3 Å². The van der Waals surface area contributed by atoms with Crippen LogP contribution in [0.2, 0.25) is 0 Å². The van der Waals surface area contributed by atoms with E-state index in [0.717, 1.165) is 25.2 Å². The average molecular weight is 220 g/mol. The maximum atomic E-state index is 9.06. The van der Waals surface area contributed by atoms with Gasteiger partial charge in [0.2, 0.25) is 0 Å². The molecule has 1 aromatic heterocycles. The quantitative estimate of drug-likeness (QED) is 0.841. The van der Waals surface area contributed by atoms with Crippen molar-refractivity contribution >= 4 is 0 Å². The van der Waals surface area contributed by atoms with E-state index < -0.39 is 0 Å². The number of aliphatic hydroxyl groups is 1. The zero-order chi connectivity index (χ0) is 11.2. The number of hydrogen-bond acceptors (Lipinski definition) is 3. The molecule has 1 fully saturated rings. The molecule has 0 amide bonds. The molecule has 2 heterocycles. The predicted molar refractivity (Wildman–Crippen MR) is 64.0 cm³/mol. The highest BCUT2D eigenvalue weighted by Crippen LogP contribution is 2.21. The van der Waals surface area contributed by atoms with Crippen molar-refractivity contribution in [3.05, 3.63) is 30.1 Å². The maximum absolute atomic E-state index is 9.06. The van der Waals surface area contributed by atoms with E-state index >= 15 is 0 Å². The molecule has 1 saturated heterocycles. The van der Waals surface area contributed by atoms with Gasteiger partial charge < -0.3 is 5.11 Å². The Balaban J connectivity index is 1.96. The summed E-state index contributed by atoms with van der Waals surface area (Å²) in [4.78, 5) is 6.82. The van der Waals surface area contributed by atoms with Gasteiger partial charge in [0, 0.05) is 25.4 Å². The lowest BCUT2D eigenvalue weighted by atomic mass is 9.99. The molecule has 1 aliphatic heterocycles. The zero-order valence-corrected chi connectivity index (χ0v) is 9.68. The minimum absolute atomic E-state index is 0.295. The van der Waals surface area contributed by atoms with Crippen molar-refractivity contribution in [1.82, 2.24) is 9.88 Å². The van der Waals surface area contributed by atoms with Crippen LogP contribution in [0.5, 0.6) is 0 Å². The first-order valence-electron chi connectivity index (χ1n) is 6.15. The van der Waals surface area contributed by atoms with E-state index in [0.29, 0.717) is 12.6 Å². The first kappa shape index (κ1) is 11.6. The van der Waals surface area contributed by atoms with Crippen LogP contribution in [0.3, 0.4) is 0 Å². The van der Waals surface area contributed by atoms with E-state index in [9.17, 15) is 0 Å². The summed E-state index contributed by atoms with van der Waals surface area (Å²) in [7, 11) is 0. The minimum atomic E-state index is 0.295. The van der Waals surface area contributed by atoms with Crippen LogP contribution in [0.1, 0.15) is 31.4 Å². The van der Waals surface area contributed by atoms with Crippen LogP contribution in [0.15, 0.2) is 24.4 Å². The van der Waals surface area contributed by atoms with E-state index in [-0.39, 0.29) is 0 Å². The van der Waals surface area contributed by atoms with Gasteiger partial charge in [-0.1, -0.05) is 12.5 Å². The van der Waals surface area contributed by atoms with Gasteiger partial charge in [0.05, 0.1) is 5.69 Å². The van der Waals surface area contributed by atoms with Crippen molar-refractivity contribution in [2.45, 2.75) is 38.3 Å². The molecule has 88 valence electrons. The van der Waals surface area contributed by atoms with Gasteiger partial charge in [-0.15, -0.1) is 0 Å². The van der Waals surface area contributed by atoms with Gasteiger partial charge in [-0.25, -0.2) is 0 Å². The summed E-state index contributed by atoms with van der Waals surface area (Å²) in [5.74, 6) is 0. The van der Waals surface area contributed by atoms with Gasteiger partial charge in [0.15, 0.2) is 0 Å². The van der Waals surface area contributed by atoms with Crippen molar-refractivity contribution < 1.29 is 5.11 Å². The number of rotatable bonds is 4. The highest BCUT2D eigenvalue weighted by atomic mass is 16.3. The van der Waals surface area contributed by atoms with Gasteiger partial charge in [0.1, 0.15) is 0 Å². The maximum Gasteiger partial charge on any atom is 0.0544 e. The Bertz CT molecular complexity index is 300. The Morgan fingerprint density at radius 2 is 2.31 bits per heavy atom. The number of aliphatic hydroxyl groups excluding tert-OH is 1. The lowest BCUT2D eigenvalue weighted by molar-refractivity contribution is 0.111. The lowest BCUT2D eigenvalue weighted by Crippen LogP contribution is -2.39. The lowest BCUT2D eigenvalue weighted by Gasteiger charge is -2.35. The Kier molecular flexibility index (Phi) is 4.31. The summed E-state index contributed by atoms with van der Waals surface area (Å²) in [6, 6.07) is 6.60. The van der Waals surface area contributed by atoms with E-state index in [1.54, 1.807) is 0 Å². The third kappa shape index (κ3) is 3.03. The highest BCUT2D eigenvalue weighted by molar-refractivity contribution is 5.03. The van der Waals surface area contributed by atoms with Crippen molar-refractivity contribution in [3.63, 3.8) is 0 Å². The normalized spacial score (nSPS) is 22.2. The summed E-state index contributed by atoms with van der Waals surface area (Å²) in [6.07, 6.45) is 6.53. The molecule has 1 N–H and O–H groups in total. The minimum Gasteiger partial charge on any atom is -0.396 e. The molecular weight excluding hydrogens is 200 g/mol. The Hall–Kier alpha value is -0.930. The Morgan fingerprint density at radius 1 is 1.38 bits per heavy atom. The standard InChI is InChI=1S/C13H20N2O/c16-10-7-13-6-2-4-9-15(13)11-12-5-1-3-8-14-12/h1,3,5,8,13,16H,2,4,6-7,9-11H2. The molecule has 3 heteroatoms. The van der Waals surface area contributed by atoms with Crippen LogP contribution in [0.25, 0.3) is 0 Å². The fourth-order valence-electron chi connectivity index (χ4n) is 2.44. The van der Waals surface area contributed by atoms with Crippen molar-refractivity contribution in [2.24, 2.45) is 0 Å². The predicted octanol–water partition coefficient (Wildman–Crippen LogP) is 1.82. The molecule has 1 aliphatic rings. The number of nitrogens with zero attached hydrogens (tertiary/aromatic N) is 2. The molecule has 1 unspecified atom stereocenters. The molecule has 0 aliphatic carbocycles. The summed E-state index contributed by atoms with van der Waals surface area (Å²) in [5.41, 5.74) is 1.13.